The number of aromatic nitrogens is 2. The van der Waals surface area contributed by atoms with E-state index in [1.165, 1.54) is 28.5 Å². The number of aryl methyl sites for hydroxylation is 2. The zero-order valence-corrected chi connectivity index (χ0v) is 20.6. The van der Waals surface area contributed by atoms with Crippen LogP contribution in [-0.2, 0) is 5.75 Å². The Balaban J connectivity index is 1.62. The van der Waals surface area contributed by atoms with Crippen LogP contribution in [0.1, 0.15) is 39.9 Å². The number of carbonyl (C=O) groups is 1. The van der Waals surface area contributed by atoms with Crippen molar-refractivity contribution in [2.75, 3.05) is 13.1 Å². The Morgan fingerprint density at radius 2 is 1.83 bits per heavy atom. The van der Waals surface area contributed by atoms with Gasteiger partial charge in [0.05, 0.1) is 16.6 Å². The molecule has 0 spiro atoms. The maximum atomic E-state index is 14.1. The number of fused-ring (bicyclic) bond motifs is 1. The fraction of sp³-hybridized carbons (Fsp3) is 0.250. The number of likely N-dealkylation sites (tertiary alicyclic amines) is 1. The number of carbonyl (C=O) groups excluding carboxylic acids is 1. The van der Waals surface area contributed by atoms with E-state index in [-0.39, 0.29) is 11.5 Å². The van der Waals surface area contributed by atoms with E-state index in [1.807, 2.05) is 11.8 Å². The Bertz CT molecular complexity index is 1490. The molecule has 7 heteroatoms. The molecular weight excluding hydrogens is 461 g/mol. The van der Waals surface area contributed by atoms with Crippen LogP contribution in [0.2, 0.25) is 0 Å². The summed E-state index contributed by atoms with van der Waals surface area (Å²) in [4.78, 5) is 33.2. The predicted molar refractivity (Wildman–Crippen MR) is 138 cm³/mol. The molecule has 1 amide bonds. The van der Waals surface area contributed by atoms with Crippen molar-refractivity contribution < 1.29 is 9.18 Å². The predicted octanol–water partition coefficient (Wildman–Crippen LogP) is 5.67. The molecule has 0 radical (unpaired) electrons. The van der Waals surface area contributed by atoms with E-state index >= 15 is 0 Å². The summed E-state index contributed by atoms with van der Waals surface area (Å²) in [6, 6.07) is 17.3. The number of halogens is 1. The van der Waals surface area contributed by atoms with Crippen LogP contribution in [-0.4, -0.2) is 33.4 Å². The van der Waals surface area contributed by atoms with Gasteiger partial charge < -0.3 is 4.90 Å². The van der Waals surface area contributed by atoms with Crippen LogP contribution in [0.25, 0.3) is 16.6 Å². The quantitative estimate of drug-likeness (QED) is 0.269. The number of nitrogens with zero attached hydrogens (tertiary/aromatic N) is 3. The highest BCUT2D eigenvalue weighted by Crippen LogP contribution is 2.27. The van der Waals surface area contributed by atoms with E-state index in [2.05, 4.69) is 25.1 Å². The molecule has 5 nitrogen and oxygen atoms in total. The SMILES string of the molecule is Cc1ccc(C)c(CSc2nc3cc(C(=O)N4CCCC4)ccc3c(=O)n2-c2cccc(F)c2)c1. The fourth-order valence-electron chi connectivity index (χ4n) is 4.44. The highest BCUT2D eigenvalue weighted by atomic mass is 32.2. The van der Waals surface area contributed by atoms with Crippen molar-refractivity contribution in [3.63, 3.8) is 0 Å². The molecule has 0 aliphatic carbocycles. The second-order valence-corrected chi connectivity index (χ2v) is 9.91. The lowest BCUT2D eigenvalue weighted by Crippen LogP contribution is -2.28. The first-order valence-corrected chi connectivity index (χ1v) is 12.7. The van der Waals surface area contributed by atoms with Crippen molar-refractivity contribution in [1.82, 2.24) is 14.5 Å². The van der Waals surface area contributed by atoms with Crippen LogP contribution in [0.3, 0.4) is 0 Å². The highest BCUT2D eigenvalue weighted by molar-refractivity contribution is 7.98. The summed E-state index contributed by atoms with van der Waals surface area (Å²) in [5.41, 5.74) is 4.59. The molecule has 0 unspecified atom stereocenters. The normalized spacial score (nSPS) is 13.5. The molecule has 0 saturated carbocycles. The molecule has 1 fully saturated rings. The zero-order chi connectivity index (χ0) is 24.5. The van der Waals surface area contributed by atoms with Gasteiger partial charge in [-0.25, -0.2) is 9.37 Å². The van der Waals surface area contributed by atoms with Crippen molar-refractivity contribution in [2.45, 2.75) is 37.6 Å². The molecule has 2 heterocycles. The summed E-state index contributed by atoms with van der Waals surface area (Å²) >= 11 is 1.43. The molecule has 1 aromatic heterocycles. The minimum atomic E-state index is -0.425. The van der Waals surface area contributed by atoms with Gasteiger partial charge in [0.1, 0.15) is 5.82 Å². The van der Waals surface area contributed by atoms with Crippen molar-refractivity contribution in [3.05, 3.63) is 99.1 Å². The molecule has 1 aliphatic heterocycles. The third-order valence-corrected chi connectivity index (χ3v) is 7.39. The molecule has 35 heavy (non-hydrogen) atoms. The van der Waals surface area contributed by atoms with Crippen molar-refractivity contribution in [3.8, 4) is 5.69 Å². The van der Waals surface area contributed by atoms with Crippen LogP contribution in [0.15, 0.2) is 70.6 Å². The third kappa shape index (κ3) is 4.73. The van der Waals surface area contributed by atoms with Gasteiger partial charge in [0.2, 0.25) is 0 Å². The van der Waals surface area contributed by atoms with Crippen molar-refractivity contribution in [1.29, 1.82) is 0 Å². The van der Waals surface area contributed by atoms with E-state index in [0.29, 0.717) is 33.1 Å². The lowest BCUT2D eigenvalue weighted by Gasteiger charge is -2.17. The fourth-order valence-corrected chi connectivity index (χ4v) is 5.51. The maximum Gasteiger partial charge on any atom is 0.266 e. The summed E-state index contributed by atoms with van der Waals surface area (Å²) in [6.07, 6.45) is 2.02. The molecule has 1 saturated heterocycles. The van der Waals surface area contributed by atoms with Gasteiger partial charge >= 0.3 is 0 Å². The van der Waals surface area contributed by atoms with E-state index in [1.54, 1.807) is 30.3 Å². The second-order valence-electron chi connectivity index (χ2n) is 8.96. The molecule has 3 aromatic carbocycles. The first-order chi connectivity index (χ1) is 16.9. The molecule has 1 aliphatic rings. The number of amides is 1. The van der Waals surface area contributed by atoms with Gasteiger partial charge in [0.15, 0.2) is 5.16 Å². The van der Waals surface area contributed by atoms with E-state index in [4.69, 9.17) is 4.98 Å². The average Bonchev–Trinajstić information content (AvgIpc) is 3.39. The lowest BCUT2D eigenvalue weighted by atomic mass is 10.1. The molecule has 0 bridgehead atoms. The first kappa shape index (κ1) is 23.3. The minimum absolute atomic E-state index is 0.0369. The van der Waals surface area contributed by atoms with E-state index < -0.39 is 5.82 Å². The van der Waals surface area contributed by atoms with Crippen LogP contribution < -0.4 is 5.56 Å². The molecule has 178 valence electrons. The van der Waals surface area contributed by atoms with Gasteiger partial charge in [0, 0.05) is 24.4 Å². The van der Waals surface area contributed by atoms with Gasteiger partial charge in [-0.1, -0.05) is 41.6 Å². The number of benzene rings is 3. The summed E-state index contributed by atoms with van der Waals surface area (Å²) in [6.45, 7) is 5.60. The molecule has 0 atom stereocenters. The number of hydrogen-bond donors (Lipinski definition) is 0. The smallest absolute Gasteiger partial charge is 0.266 e. The number of rotatable bonds is 5. The lowest BCUT2D eigenvalue weighted by molar-refractivity contribution is 0.0793. The zero-order valence-electron chi connectivity index (χ0n) is 19.8. The Kier molecular flexibility index (Phi) is 6.43. The Morgan fingerprint density at radius 1 is 1.03 bits per heavy atom. The largest absolute Gasteiger partial charge is 0.339 e. The van der Waals surface area contributed by atoms with Crippen LogP contribution in [0.4, 0.5) is 4.39 Å². The summed E-state index contributed by atoms with van der Waals surface area (Å²) in [7, 11) is 0. The number of hydrogen-bond acceptors (Lipinski definition) is 4. The Morgan fingerprint density at radius 3 is 2.60 bits per heavy atom. The number of thioether (sulfide) groups is 1. The monoisotopic (exact) mass is 487 g/mol. The van der Waals surface area contributed by atoms with Crippen LogP contribution >= 0.6 is 11.8 Å². The van der Waals surface area contributed by atoms with Crippen LogP contribution in [0.5, 0.6) is 0 Å². The third-order valence-electron chi connectivity index (χ3n) is 6.41. The van der Waals surface area contributed by atoms with E-state index in [9.17, 15) is 14.0 Å². The van der Waals surface area contributed by atoms with Crippen LogP contribution in [0, 0.1) is 19.7 Å². The Hall–Kier alpha value is -3.45. The molecular formula is C28H26FN3O2S. The molecule has 4 aromatic rings. The topological polar surface area (TPSA) is 55.2 Å². The van der Waals surface area contributed by atoms with Gasteiger partial charge in [-0.3, -0.25) is 14.2 Å². The molecule has 0 N–H and O–H groups in total. The standard InChI is InChI=1S/C28H26FN3O2S/c1-18-8-9-19(2)21(14-18)17-35-28-30-25-15-20(26(33)31-12-3-4-13-31)10-11-24(25)27(34)32(28)23-7-5-6-22(29)16-23/h5-11,14-16H,3-4,12-13,17H2,1-2H3. The average molecular weight is 488 g/mol. The van der Waals surface area contributed by atoms with E-state index in [0.717, 1.165) is 42.6 Å². The maximum absolute atomic E-state index is 14.1. The summed E-state index contributed by atoms with van der Waals surface area (Å²) < 4.78 is 15.5. The highest BCUT2D eigenvalue weighted by Gasteiger charge is 2.21. The van der Waals surface area contributed by atoms with Crippen molar-refractivity contribution >= 4 is 28.6 Å². The summed E-state index contributed by atoms with van der Waals surface area (Å²) in [5, 5.41) is 0.850. The molecule has 5 rings (SSSR count). The first-order valence-electron chi connectivity index (χ1n) is 11.7. The van der Waals surface area contributed by atoms with Gasteiger partial charge in [0.25, 0.3) is 11.5 Å². The van der Waals surface area contributed by atoms with Gasteiger partial charge in [-0.2, -0.15) is 0 Å². The summed E-state index contributed by atoms with van der Waals surface area (Å²) in [5.74, 6) is 0.143. The second kappa shape index (κ2) is 9.66. The van der Waals surface area contributed by atoms with Gasteiger partial charge in [-0.15, -0.1) is 0 Å². The Labute approximate surface area is 207 Å². The van der Waals surface area contributed by atoms with Gasteiger partial charge in [-0.05, 0) is 74.2 Å². The van der Waals surface area contributed by atoms with Crippen molar-refractivity contribution in [2.24, 2.45) is 0 Å². The minimum Gasteiger partial charge on any atom is -0.339 e.